The van der Waals surface area contributed by atoms with Crippen molar-refractivity contribution in [2.24, 2.45) is 5.92 Å². The Kier molecular flexibility index (Phi) is 4.76. The lowest BCUT2D eigenvalue weighted by Gasteiger charge is -2.29. The van der Waals surface area contributed by atoms with E-state index in [-0.39, 0.29) is 5.43 Å². The van der Waals surface area contributed by atoms with Crippen molar-refractivity contribution >= 4 is 11.0 Å². The van der Waals surface area contributed by atoms with Crippen LogP contribution in [0.15, 0.2) is 63.8 Å². The smallest absolute Gasteiger partial charge is 0.193 e. The van der Waals surface area contributed by atoms with Gasteiger partial charge in [0, 0.05) is 30.2 Å². The first-order chi connectivity index (χ1) is 12.7. The van der Waals surface area contributed by atoms with Gasteiger partial charge in [-0.1, -0.05) is 30.3 Å². The molecule has 0 radical (unpaired) electrons. The Bertz CT molecular complexity index is 949. The number of fused-ring (bicyclic) bond motifs is 1. The van der Waals surface area contributed by atoms with Gasteiger partial charge in [0.15, 0.2) is 5.43 Å². The Morgan fingerprint density at radius 3 is 2.81 bits per heavy atom. The predicted octanol–water partition coefficient (Wildman–Crippen LogP) is 4.18. The molecule has 1 fully saturated rings. The molecular formula is C22H23NO3. The maximum absolute atomic E-state index is 12.4. The number of likely N-dealkylation sites (tertiary alicyclic amines) is 1. The lowest BCUT2D eigenvalue weighted by molar-refractivity contribution is 0.150. The quantitative estimate of drug-likeness (QED) is 0.709. The van der Waals surface area contributed by atoms with Crippen LogP contribution >= 0.6 is 0 Å². The standard InChI is InChI=1S/C22H23NO3/c1-23-11-5-6-16(14-23)15-25-18-9-10-19-20(24)13-21(26-22(19)12-18)17-7-3-2-4-8-17/h2-4,7-10,12-13,16H,5-6,11,14-15H2,1H3. The van der Waals surface area contributed by atoms with Crippen LogP contribution < -0.4 is 10.2 Å². The summed E-state index contributed by atoms with van der Waals surface area (Å²) in [6.45, 7) is 2.93. The van der Waals surface area contributed by atoms with Gasteiger partial charge in [0.1, 0.15) is 17.1 Å². The number of ether oxygens (including phenoxy) is 1. The summed E-state index contributed by atoms with van der Waals surface area (Å²) in [5.74, 6) is 1.88. The Hall–Kier alpha value is -2.59. The normalized spacial score (nSPS) is 18.1. The zero-order valence-electron chi connectivity index (χ0n) is 15.0. The minimum atomic E-state index is -0.0365. The van der Waals surface area contributed by atoms with Gasteiger partial charge in [-0.2, -0.15) is 0 Å². The van der Waals surface area contributed by atoms with Crippen LogP contribution in [0.4, 0.5) is 0 Å². The molecule has 2 aromatic carbocycles. The van der Waals surface area contributed by atoms with E-state index in [0.29, 0.717) is 29.3 Å². The van der Waals surface area contributed by atoms with Crippen molar-refractivity contribution < 1.29 is 9.15 Å². The molecule has 1 aromatic heterocycles. The third-order valence-electron chi connectivity index (χ3n) is 4.97. The first kappa shape index (κ1) is 16.9. The molecule has 0 aliphatic carbocycles. The maximum Gasteiger partial charge on any atom is 0.193 e. The molecule has 26 heavy (non-hydrogen) atoms. The first-order valence-electron chi connectivity index (χ1n) is 9.14. The van der Waals surface area contributed by atoms with E-state index in [1.807, 2.05) is 42.5 Å². The summed E-state index contributed by atoms with van der Waals surface area (Å²) in [5, 5.41) is 0.578. The van der Waals surface area contributed by atoms with Crippen LogP contribution in [0.2, 0.25) is 0 Å². The molecule has 1 aliphatic rings. The number of rotatable bonds is 4. The Morgan fingerprint density at radius 2 is 2.00 bits per heavy atom. The van der Waals surface area contributed by atoms with Crippen molar-refractivity contribution in [1.82, 2.24) is 4.90 Å². The van der Waals surface area contributed by atoms with Crippen molar-refractivity contribution in [2.75, 3.05) is 26.7 Å². The van der Waals surface area contributed by atoms with Crippen LogP contribution in [0.5, 0.6) is 5.75 Å². The molecule has 4 rings (SSSR count). The highest BCUT2D eigenvalue weighted by atomic mass is 16.5. The molecule has 4 heteroatoms. The maximum atomic E-state index is 12.4. The van der Waals surface area contributed by atoms with Crippen LogP contribution in [0.1, 0.15) is 12.8 Å². The van der Waals surface area contributed by atoms with Gasteiger partial charge in [-0.25, -0.2) is 0 Å². The molecule has 1 saturated heterocycles. The molecule has 0 bridgehead atoms. The molecule has 3 aromatic rings. The van der Waals surface area contributed by atoms with Gasteiger partial charge in [0.25, 0.3) is 0 Å². The average Bonchev–Trinajstić information content (AvgIpc) is 2.67. The summed E-state index contributed by atoms with van der Waals surface area (Å²) >= 11 is 0. The van der Waals surface area contributed by atoms with Crippen molar-refractivity contribution in [1.29, 1.82) is 0 Å². The molecule has 4 nitrogen and oxygen atoms in total. The first-order valence-corrected chi connectivity index (χ1v) is 9.14. The molecule has 1 atom stereocenters. The second-order valence-electron chi connectivity index (χ2n) is 7.08. The average molecular weight is 349 g/mol. The highest BCUT2D eigenvalue weighted by Gasteiger charge is 2.18. The van der Waals surface area contributed by atoms with E-state index >= 15 is 0 Å². The monoisotopic (exact) mass is 349 g/mol. The third kappa shape index (κ3) is 3.65. The molecule has 1 aliphatic heterocycles. The van der Waals surface area contributed by atoms with Crippen LogP contribution in [-0.2, 0) is 0 Å². The molecule has 1 unspecified atom stereocenters. The summed E-state index contributed by atoms with van der Waals surface area (Å²) in [6.07, 6.45) is 2.42. The van der Waals surface area contributed by atoms with E-state index in [1.54, 1.807) is 12.1 Å². The van der Waals surface area contributed by atoms with E-state index in [1.165, 1.54) is 19.4 Å². The lowest BCUT2D eigenvalue weighted by atomic mass is 10.00. The number of piperidine rings is 1. The van der Waals surface area contributed by atoms with Crippen LogP contribution in [0, 0.1) is 5.92 Å². The lowest BCUT2D eigenvalue weighted by Crippen LogP contribution is -2.34. The van der Waals surface area contributed by atoms with E-state index < -0.39 is 0 Å². The second-order valence-corrected chi connectivity index (χ2v) is 7.08. The van der Waals surface area contributed by atoms with Gasteiger partial charge < -0.3 is 14.1 Å². The van der Waals surface area contributed by atoms with Gasteiger partial charge in [0.2, 0.25) is 0 Å². The van der Waals surface area contributed by atoms with Gasteiger partial charge in [-0.05, 0) is 38.6 Å². The van der Waals surface area contributed by atoms with Crippen molar-refractivity contribution in [3.05, 3.63) is 64.8 Å². The molecule has 134 valence electrons. The summed E-state index contributed by atoms with van der Waals surface area (Å²) in [5.41, 5.74) is 1.42. The van der Waals surface area contributed by atoms with E-state index in [9.17, 15) is 4.79 Å². The number of nitrogens with zero attached hydrogens (tertiary/aromatic N) is 1. The summed E-state index contributed by atoms with van der Waals surface area (Å²) < 4.78 is 12.0. The zero-order chi connectivity index (χ0) is 17.9. The van der Waals surface area contributed by atoms with Gasteiger partial charge in [-0.15, -0.1) is 0 Å². The largest absolute Gasteiger partial charge is 0.493 e. The zero-order valence-corrected chi connectivity index (χ0v) is 15.0. The molecular weight excluding hydrogens is 326 g/mol. The van der Waals surface area contributed by atoms with Gasteiger partial charge in [-0.3, -0.25) is 4.79 Å². The molecule has 2 heterocycles. The highest BCUT2D eigenvalue weighted by molar-refractivity contribution is 5.80. The van der Waals surface area contributed by atoms with Gasteiger partial charge >= 0.3 is 0 Å². The van der Waals surface area contributed by atoms with Crippen molar-refractivity contribution in [2.45, 2.75) is 12.8 Å². The van der Waals surface area contributed by atoms with E-state index in [0.717, 1.165) is 17.9 Å². The molecule has 0 spiro atoms. The second kappa shape index (κ2) is 7.34. The third-order valence-corrected chi connectivity index (χ3v) is 4.97. The number of benzene rings is 2. The van der Waals surface area contributed by atoms with Crippen LogP contribution in [-0.4, -0.2) is 31.6 Å². The SMILES string of the molecule is CN1CCCC(COc2ccc3c(=O)cc(-c4ccccc4)oc3c2)C1. The molecule has 0 N–H and O–H groups in total. The topological polar surface area (TPSA) is 42.7 Å². The number of hydrogen-bond acceptors (Lipinski definition) is 4. The molecule has 0 amide bonds. The predicted molar refractivity (Wildman–Crippen MR) is 104 cm³/mol. The van der Waals surface area contributed by atoms with E-state index in [2.05, 4.69) is 11.9 Å². The fraction of sp³-hybridized carbons (Fsp3) is 0.318. The van der Waals surface area contributed by atoms with Crippen LogP contribution in [0.3, 0.4) is 0 Å². The van der Waals surface area contributed by atoms with Crippen molar-refractivity contribution in [3.63, 3.8) is 0 Å². The Morgan fingerprint density at radius 1 is 1.15 bits per heavy atom. The van der Waals surface area contributed by atoms with Gasteiger partial charge in [0.05, 0.1) is 12.0 Å². The fourth-order valence-electron chi connectivity index (χ4n) is 3.59. The Labute approximate surface area is 153 Å². The van der Waals surface area contributed by atoms with Crippen LogP contribution in [0.25, 0.3) is 22.3 Å². The molecule has 0 saturated carbocycles. The summed E-state index contributed by atoms with van der Waals surface area (Å²) in [6, 6.07) is 16.7. The summed E-state index contributed by atoms with van der Waals surface area (Å²) in [4.78, 5) is 14.8. The van der Waals surface area contributed by atoms with Crippen molar-refractivity contribution in [3.8, 4) is 17.1 Å². The highest BCUT2D eigenvalue weighted by Crippen LogP contribution is 2.25. The van der Waals surface area contributed by atoms with E-state index in [4.69, 9.17) is 9.15 Å². The number of hydrogen-bond donors (Lipinski definition) is 0. The minimum absolute atomic E-state index is 0.0365. The fourth-order valence-corrected chi connectivity index (χ4v) is 3.59. The minimum Gasteiger partial charge on any atom is -0.493 e. The Balaban J connectivity index is 1.58. The summed E-state index contributed by atoms with van der Waals surface area (Å²) in [7, 11) is 2.15.